The molecular formula is C15H13N5O. The lowest BCUT2D eigenvalue weighted by Crippen LogP contribution is -2.11. The molecule has 0 unspecified atom stereocenters. The second-order valence-corrected chi connectivity index (χ2v) is 4.64. The van der Waals surface area contributed by atoms with Crippen molar-refractivity contribution < 1.29 is 4.79 Å². The third-order valence-corrected chi connectivity index (χ3v) is 3.00. The van der Waals surface area contributed by atoms with Crippen molar-refractivity contribution in [1.29, 1.82) is 0 Å². The van der Waals surface area contributed by atoms with E-state index in [0.29, 0.717) is 16.9 Å². The molecule has 6 heteroatoms. The first-order valence-electron chi connectivity index (χ1n) is 6.36. The number of amides is 1. The highest BCUT2D eigenvalue weighted by Crippen LogP contribution is 2.25. The quantitative estimate of drug-likeness (QED) is 0.722. The summed E-state index contributed by atoms with van der Waals surface area (Å²) in [6.07, 6.45) is 3.05. The summed E-state index contributed by atoms with van der Waals surface area (Å²) in [5.41, 5.74) is 4.12. The second-order valence-electron chi connectivity index (χ2n) is 4.64. The number of nitrogens with zero attached hydrogens (tertiary/aromatic N) is 3. The minimum atomic E-state index is -0.207. The van der Waals surface area contributed by atoms with E-state index in [1.165, 1.54) is 6.33 Å². The topological polar surface area (TPSA) is 83.6 Å². The van der Waals surface area contributed by atoms with Crippen LogP contribution in [-0.2, 0) is 4.79 Å². The summed E-state index contributed by atoms with van der Waals surface area (Å²) in [6.45, 7) is 5.28. The third-order valence-electron chi connectivity index (χ3n) is 3.00. The summed E-state index contributed by atoms with van der Waals surface area (Å²) in [5.74, 6) is -0.207. The molecule has 0 atom stereocenters. The summed E-state index contributed by atoms with van der Waals surface area (Å²) < 4.78 is 0. The largest absolute Gasteiger partial charge is 0.341 e. The number of rotatable bonds is 3. The Balaban J connectivity index is 2.02. The normalized spacial score (nSPS) is 10.5. The molecule has 0 radical (unpaired) electrons. The zero-order valence-electron chi connectivity index (χ0n) is 11.4. The number of imidazole rings is 1. The highest BCUT2D eigenvalue weighted by Gasteiger charge is 2.09. The highest BCUT2D eigenvalue weighted by atomic mass is 16.1. The van der Waals surface area contributed by atoms with Crippen LogP contribution in [0.3, 0.4) is 0 Å². The van der Waals surface area contributed by atoms with Gasteiger partial charge in [0.2, 0.25) is 0 Å². The van der Waals surface area contributed by atoms with Gasteiger partial charge in [-0.05, 0) is 19.1 Å². The predicted octanol–water partition coefficient (Wildman–Crippen LogP) is 2.53. The summed E-state index contributed by atoms with van der Waals surface area (Å²) >= 11 is 0. The van der Waals surface area contributed by atoms with Crippen LogP contribution in [0.25, 0.3) is 22.4 Å². The molecule has 21 heavy (non-hydrogen) atoms. The fourth-order valence-electron chi connectivity index (χ4n) is 1.97. The number of aromatic nitrogens is 4. The van der Waals surface area contributed by atoms with E-state index in [9.17, 15) is 4.79 Å². The molecular weight excluding hydrogens is 266 g/mol. The van der Waals surface area contributed by atoms with Gasteiger partial charge in [0, 0.05) is 16.8 Å². The summed E-state index contributed by atoms with van der Waals surface area (Å²) in [4.78, 5) is 27.2. The smallest absolute Gasteiger partial charge is 0.250 e. The Labute approximate surface area is 121 Å². The van der Waals surface area contributed by atoms with Gasteiger partial charge in [-0.25, -0.2) is 15.0 Å². The predicted molar refractivity (Wildman–Crippen MR) is 80.6 cm³/mol. The maximum absolute atomic E-state index is 11.7. The van der Waals surface area contributed by atoms with E-state index in [-0.39, 0.29) is 5.91 Å². The van der Waals surface area contributed by atoms with E-state index in [1.807, 2.05) is 24.3 Å². The zero-order chi connectivity index (χ0) is 14.8. The SMILES string of the molecule is C=C(C)C(=O)Nc1cccc(-c2ncnc3nc[nH]c23)c1. The number of H-pyrrole nitrogens is 1. The number of nitrogens with one attached hydrogen (secondary N) is 2. The van der Waals surface area contributed by atoms with Crippen molar-refractivity contribution >= 4 is 22.8 Å². The number of fused-ring (bicyclic) bond motifs is 1. The number of benzene rings is 1. The molecule has 0 aliphatic carbocycles. The fourth-order valence-corrected chi connectivity index (χ4v) is 1.97. The monoisotopic (exact) mass is 279 g/mol. The van der Waals surface area contributed by atoms with E-state index in [0.717, 1.165) is 16.8 Å². The lowest BCUT2D eigenvalue weighted by Gasteiger charge is -2.07. The molecule has 104 valence electrons. The fraction of sp³-hybridized carbons (Fsp3) is 0.0667. The third kappa shape index (κ3) is 2.51. The highest BCUT2D eigenvalue weighted by molar-refractivity contribution is 6.03. The molecule has 1 aromatic carbocycles. The maximum Gasteiger partial charge on any atom is 0.250 e. The Morgan fingerprint density at radius 2 is 2.14 bits per heavy atom. The molecule has 6 nitrogen and oxygen atoms in total. The molecule has 0 aliphatic rings. The van der Waals surface area contributed by atoms with E-state index in [4.69, 9.17) is 0 Å². The van der Waals surface area contributed by atoms with Crippen molar-refractivity contribution in [2.24, 2.45) is 0 Å². The van der Waals surface area contributed by atoms with Gasteiger partial charge in [-0.1, -0.05) is 18.7 Å². The van der Waals surface area contributed by atoms with Crippen LogP contribution in [0.1, 0.15) is 6.92 Å². The molecule has 1 amide bonds. The molecule has 0 saturated carbocycles. The molecule has 2 heterocycles. The minimum Gasteiger partial charge on any atom is -0.341 e. The Bertz CT molecular complexity index is 837. The lowest BCUT2D eigenvalue weighted by molar-refractivity contribution is -0.112. The first-order chi connectivity index (χ1) is 10.1. The number of aromatic amines is 1. The first kappa shape index (κ1) is 13.0. The van der Waals surface area contributed by atoms with Gasteiger partial charge in [0.05, 0.1) is 12.0 Å². The minimum absolute atomic E-state index is 0.207. The van der Waals surface area contributed by atoms with E-state index < -0.39 is 0 Å². The number of anilines is 1. The van der Waals surface area contributed by atoms with Crippen LogP contribution < -0.4 is 5.32 Å². The van der Waals surface area contributed by atoms with Gasteiger partial charge in [0.1, 0.15) is 11.8 Å². The molecule has 0 aliphatic heterocycles. The average molecular weight is 279 g/mol. The van der Waals surface area contributed by atoms with Crippen molar-refractivity contribution in [3.05, 3.63) is 49.1 Å². The maximum atomic E-state index is 11.7. The molecule has 0 fully saturated rings. The van der Waals surface area contributed by atoms with Crippen molar-refractivity contribution in [3.63, 3.8) is 0 Å². The van der Waals surface area contributed by atoms with Crippen molar-refractivity contribution in [3.8, 4) is 11.3 Å². The second kappa shape index (κ2) is 5.16. The summed E-state index contributed by atoms with van der Waals surface area (Å²) in [6, 6.07) is 7.44. The van der Waals surface area contributed by atoms with E-state index in [1.54, 1.807) is 13.3 Å². The number of hydrogen-bond donors (Lipinski definition) is 2. The molecule has 0 bridgehead atoms. The average Bonchev–Trinajstić information content (AvgIpc) is 2.95. The van der Waals surface area contributed by atoms with Crippen LogP contribution in [0, 0.1) is 0 Å². The number of carbonyl (C=O) groups excluding carboxylic acids is 1. The van der Waals surface area contributed by atoms with Crippen LogP contribution >= 0.6 is 0 Å². The van der Waals surface area contributed by atoms with Crippen molar-refractivity contribution in [2.45, 2.75) is 6.92 Å². The van der Waals surface area contributed by atoms with Crippen LogP contribution in [0.5, 0.6) is 0 Å². The van der Waals surface area contributed by atoms with Gasteiger partial charge >= 0.3 is 0 Å². The molecule has 3 rings (SSSR count). The summed E-state index contributed by atoms with van der Waals surface area (Å²) in [5, 5.41) is 2.79. The van der Waals surface area contributed by atoms with E-state index in [2.05, 4.69) is 31.8 Å². The number of hydrogen-bond acceptors (Lipinski definition) is 4. The van der Waals surface area contributed by atoms with Gasteiger partial charge < -0.3 is 10.3 Å². The van der Waals surface area contributed by atoms with Crippen molar-refractivity contribution in [2.75, 3.05) is 5.32 Å². The molecule has 0 saturated heterocycles. The Morgan fingerprint density at radius 3 is 2.95 bits per heavy atom. The zero-order valence-corrected chi connectivity index (χ0v) is 11.4. The molecule has 0 spiro atoms. The Kier molecular flexibility index (Phi) is 3.19. The van der Waals surface area contributed by atoms with Gasteiger partial charge in [0.15, 0.2) is 5.65 Å². The van der Waals surface area contributed by atoms with Gasteiger partial charge in [-0.3, -0.25) is 4.79 Å². The number of carbonyl (C=O) groups is 1. The van der Waals surface area contributed by atoms with E-state index >= 15 is 0 Å². The van der Waals surface area contributed by atoms with Crippen LogP contribution in [0.4, 0.5) is 5.69 Å². The Hall–Kier alpha value is -3.02. The molecule has 2 N–H and O–H groups in total. The van der Waals surface area contributed by atoms with Crippen LogP contribution in [0.15, 0.2) is 49.1 Å². The first-order valence-corrected chi connectivity index (χ1v) is 6.36. The van der Waals surface area contributed by atoms with Crippen LogP contribution in [-0.4, -0.2) is 25.8 Å². The van der Waals surface area contributed by atoms with Crippen molar-refractivity contribution in [1.82, 2.24) is 19.9 Å². The van der Waals surface area contributed by atoms with Crippen LogP contribution in [0.2, 0.25) is 0 Å². The lowest BCUT2D eigenvalue weighted by atomic mass is 10.1. The van der Waals surface area contributed by atoms with Gasteiger partial charge in [-0.2, -0.15) is 0 Å². The summed E-state index contributed by atoms with van der Waals surface area (Å²) in [7, 11) is 0. The molecule has 2 aromatic heterocycles. The van der Waals surface area contributed by atoms with Gasteiger partial charge in [-0.15, -0.1) is 0 Å². The molecule has 3 aromatic rings. The van der Waals surface area contributed by atoms with Gasteiger partial charge in [0.25, 0.3) is 5.91 Å². The standard InChI is InChI=1S/C15H13N5O/c1-9(2)15(21)20-11-5-3-4-10(6-11)12-13-14(18-7-16-12)19-8-17-13/h3-8H,1H2,2H3,(H,20,21)(H,16,17,18,19). The Morgan fingerprint density at radius 1 is 1.29 bits per heavy atom.